The summed E-state index contributed by atoms with van der Waals surface area (Å²) < 4.78 is 5.29. The van der Waals surface area contributed by atoms with Gasteiger partial charge in [-0.25, -0.2) is 0 Å². The highest BCUT2D eigenvalue weighted by Crippen LogP contribution is 2.34. The summed E-state index contributed by atoms with van der Waals surface area (Å²) >= 11 is 0. The van der Waals surface area contributed by atoms with Crippen LogP contribution in [0.1, 0.15) is 18.4 Å². The maximum Gasteiger partial charge on any atom is 0.244 e. The van der Waals surface area contributed by atoms with Gasteiger partial charge in [-0.3, -0.25) is 4.79 Å². The number of carbonyl (C=O) groups excluding carboxylic acids is 1. The Hall–Kier alpha value is -2.06. The summed E-state index contributed by atoms with van der Waals surface area (Å²) in [4.78, 5) is 14.0. The quantitative estimate of drug-likeness (QED) is 0.888. The van der Waals surface area contributed by atoms with Crippen LogP contribution in [-0.4, -0.2) is 32.7 Å². The Bertz CT molecular complexity index is 522. The van der Waals surface area contributed by atoms with Crippen LogP contribution in [-0.2, 0) is 4.79 Å². The van der Waals surface area contributed by atoms with Gasteiger partial charge >= 0.3 is 0 Å². The zero-order chi connectivity index (χ0) is 13.8. The van der Waals surface area contributed by atoms with Gasteiger partial charge in [0.05, 0.1) is 18.7 Å². The summed E-state index contributed by atoms with van der Waals surface area (Å²) in [6.45, 7) is 0.617. The highest BCUT2D eigenvalue weighted by molar-refractivity contribution is 6.00. The van der Waals surface area contributed by atoms with Gasteiger partial charge in [0.15, 0.2) is 0 Å². The Kier molecular flexibility index (Phi) is 4.03. The van der Waals surface area contributed by atoms with Crippen molar-refractivity contribution < 1.29 is 9.53 Å². The lowest BCUT2D eigenvalue weighted by Gasteiger charge is -2.33. The number of benzene rings is 1. The number of piperidine rings is 1. The van der Waals surface area contributed by atoms with Crippen molar-refractivity contribution in [3.8, 4) is 11.8 Å². The summed E-state index contributed by atoms with van der Waals surface area (Å²) in [5.41, 5.74) is 1.04. The van der Waals surface area contributed by atoms with Crippen molar-refractivity contribution in [2.45, 2.75) is 18.9 Å². The van der Waals surface area contributed by atoms with Gasteiger partial charge in [-0.1, -0.05) is 6.07 Å². The number of amides is 1. The number of nitrogens with one attached hydrogen (secondary N) is 1. The number of likely N-dealkylation sites (N-methyl/N-ethyl adjacent to an activating group) is 1. The van der Waals surface area contributed by atoms with E-state index in [4.69, 9.17) is 4.74 Å². The standard InChI is InChI=1S/C14H17N3O2/c1-16-11-6-4-8-17(14(11)18)13-10(9-15)5-3-7-12(13)19-2/h3,5,7,11,16H,4,6,8H2,1-2H3. The Morgan fingerprint density at radius 3 is 2.95 bits per heavy atom. The fraction of sp³-hybridized carbons (Fsp3) is 0.429. The molecule has 1 N–H and O–H groups in total. The first kappa shape index (κ1) is 13.4. The summed E-state index contributed by atoms with van der Waals surface area (Å²) in [6.07, 6.45) is 1.73. The van der Waals surface area contributed by atoms with Crippen LogP contribution in [0.25, 0.3) is 0 Å². The number of hydrogen-bond donors (Lipinski definition) is 1. The molecule has 1 aromatic carbocycles. The van der Waals surface area contributed by atoms with Crippen molar-refractivity contribution in [3.63, 3.8) is 0 Å². The van der Waals surface area contributed by atoms with Gasteiger partial charge in [0.1, 0.15) is 17.5 Å². The topological polar surface area (TPSA) is 65.4 Å². The fourth-order valence-electron chi connectivity index (χ4n) is 2.42. The first-order valence-corrected chi connectivity index (χ1v) is 6.28. The normalized spacial score (nSPS) is 19.1. The van der Waals surface area contributed by atoms with E-state index in [0.29, 0.717) is 23.5 Å². The molecule has 1 heterocycles. The molecule has 5 heteroatoms. The predicted octanol–water partition coefficient (Wildman–Crippen LogP) is 1.28. The molecule has 0 aromatic heterocycles. The fourth-order valence-corrected chi connectivity index (χ4v) is 2.42. The van der Waals surface area contributed by atoms with Crippen LogP contribution >= 0.6 is 0 Å². The van der Waals surface area contributed by atoms with Gasteiger partial charge in [-0.2, -0.15) is 5.26 Å². The second-order valence-electron chi connectivity index (χ2n) is 4.44. The average Bonchev–Trinajstić information content (AvgIpc) is 2.46. The van der Waals surface area contributed by atoms with E-state index in [1.54, 1.807) is 37.3 Å². The molecule has 0 aliphatic carbocycles. The van der Waals surface area contributed by atoms with Gasteiger partial charge in [0, 0.05) is 6.54 Å². The molecule has 1 fully saturated rings. The third-order valence-electron chi connectivity index (χ3n) is 3.40. The molecule has 5 nitrogen and oxygen atoms in total. The van der Waals surface area contributed by atoms with Crippen LogP contribution in [0.2, 0.25) is 0 Å². The van der Waals surface area contributed by atoms with Gasteiger partial charge in [0.25, 0.3) is 0 Å². The molecule has 19 heavy (non-hydrogen) atoms. The van der Waals surface area contributed by atoms with Gasteiger partial charge in [-0.05, 0) is 32.0 Å². The van der Waals surface area contributed by atoms with Crippen molar-refractivity contribution >= 4 is 11.6 Å². The van der Waals surface area contributed by atoms with Crippen LogP contribution in [0.5, 0.6) is 5.75 Å². The van der Waals surface area contributed by atoms with Crippen LogP contribution in [0, 0.1) is 11.3 Å². The number of ether oxygens (including phenoxy) is 1. The summed E-state index contributed by atoms with van der Waals surface area (Å²) in [5, 5.41) is 12.2. The van der Waals surface area contributed by atoms with Gasteiger partial charge < -0.3 is 15.0 Å². The number of methoxy groups -OCH3 is 1. The summed E-state index contributed by atoms with van der Waals surface area (Å²) in [6, 6.07) is 7.16. The molecule has 1 unspecified atom stereocenters. The first-order valence-electron chi connectivity index (χ1n) is 6.28. The van der Waals surface area contributed by atoms with E-state index in [1.165, 1.54) is 0 Å². The van der Waals surface area contributed by atoms with E-state index < -0.39 is 0 Å². The largest absolute Gasteiger partial charge is 0.495 e. The third-order valence-corrected chi connectivity index (χ3v) is 3.40. The lowest BCUT2D eigenvalue weighted by molar-refractivity contribution is -0.121. The van der Waals surface area contributed by atoms with Crippen molar-refractivity contribution in [2.24, 2.45) is 0 Å². The average molecular weight is 259 g/mol. The minimum Gasteiger partial charge on any atom is -0.495 e. The van der Waals surface area contributed by atoms with E-state index >= 15 is 0 Å². The molecule has 1 amide bonds. The number of para-hydroxylation sites is 1. The Morgan fingerprint density at radius 2 is 2.32 bits per heavy atom. The van der Waals surface area contributed by atoms with Crippen molar-refractivity contribution in [1.29, 1.82) is 5.26 Å². The minimum absolute atomic E-state index is 0.00486. The van der Waals surface area contributed by atoms with E-state index in [0.717, 1.165) is 12.8 Å². The lowest BCUT2D eigenvalue weighted by atomic mass is 10.0. The molecule has 1 saturated heterocycles. The number of nitriles is 1. The predicted molar refractivity (Wildman–Crippen MR) is 72.1 cm³/mol. The summed E-state index contributed by atoms with van der Waals surface area (Å²) in [7, 11) is 3.32. The van der Waals surface area contributed by atoms with Crippen LogP contribution in [0.15, 0.2) is 18.2 Å². The third kappa shape index (κ3) is 2.40. The first-order chi connectivity index (χ1) is 9.22. The van der Waals surface area contributed by atoms with Crippen LogP contribution in [0.4, 0.5) is 5.69 Å². The van der Waals surface area contributed by atoms with Crippen LogP contribution < -0.4 is 15.0 Å². The number of anilines is 1. The Balaban J connectivity index is 2.46. The molecule has 0 saturated carbocycles. The van der Waals surface area contributed by atoms with Crippen molar-refractivity contribution in [1.82, 2.24) is 5.32 Å². The van der Waals surface area contributed by atoms with E-state index in [-0.39, 0.29) is 11.9 Å². The van der Waals surface area contributed by atoms with Crippen molar-refractivity contribution in [2.75, 3.05) is 25.6 Å². The summed E-state index contributed by atoms with van der Waals surface area (Å²) in [5.74, 6) is 0.555. The number of nitrogens with zero attached hydrogens (tertiary/aromatic N) is 2. The maximum atomic E-state index is 12.4. The highest BCUT2D eigenvalue weighted by atomic mass is 16.5. The molecule has 2 rings (SSSR count). The number of rotatable bonds is 3. The van der Waals surface area contributed by atoms with Crippen molar-refractivity contribution in [3.05, 3.63) is 23.8 Å². The molecular weight excluding hydrogens is 242 g/mol. The van der Waals surface area contributed by atoms with E-state index in [1.807, 2.05) is 0 Å². The lowest BCUT2D eigenvalue weighted by Crippen LogP contribution is -2.50. The highest BCUT2D eigenvalue weighted by Gasteiger charge is 2.31. The van der Waals surface area contributed by atoms with E-state index in [9.17, 15) is 10.1 Å². The second kappa shape index (κ2) is 5.72. The Labute approximate surface area is 112 Å². The minimum atomic E-state index is -0.190. The second-order valence-corrected chi connectivity index (χ2v) is 4.44. The van der Waals surface area contributed by atoms with Gasteiger partial charge in [0.2, 0.25) is 5.91 Å². The monoisotopic (exact) mass is 259 g/mol. The zero-order valence-electron chi connectivity index (χ0n) is 11.1. The molecule has 0 spiro atoms. The van der Waals surface area contributed by atoms with E-state index in [2.05, 4.69) is 11.4 Å². The van der Waals surface area contributed by atoms with Crippen LogP contribution in [0.3, 0.4) is 0 Å². The SMILES string of the molecule is CNC1CCCN(c2c(C#N)cccc2OC)C1=O. The molecule has 1 aliphatic heterocycles. The number of hydrogen-bond acceptors (Lipinski definition) is 4. The zero-order valence-corrected chi connectivity index (χ0v) is 11.1. The maximum absolute atomic E-state index is 12.4. The molecule has 0 bridgehead atoms. The Morgan fingerprint density at radius 1 is 1.53 bits per heavy atom. The molecule has 1 atom stereocenters. The van der Waals surface area contributed by atoms with Gasteiger partial charge in [-0.15, -0.1) is 0 Å². The molecule has 0 radical (unpaired) electrons. The molecular formula is C14H17N3O2. The molecule has 1 aromatic rings. The number of carbonyl (C=O) groups is 1. The molecule has 100 valence electrons. The smallest absolute Gasteiger partial charge is 0.244 e. The molecule has 1 aliphatic rings.